The molecule has 5 heteroatoms. The van der Waals surface area contributed by atoms with Crippen molar-refractivity contribution >= 4 is 29.9 Å². The van der Waals surface area contributed by atoms with Crippen LogP contribution < -0.4 is 10.6 Å². The number of hydrogen-bond donors (Lipinski definition) is 3. The number of guanidine groups is 1. The number of aliphatic hydroxyl groups is 1. The van der Waals surface area contributed by atoms with Crippen molar-refractivity contribution in [3.63, 3.8) is 0 Å². The summed E-state index contributed by atoms with van der Waals surface area (Å²) in [4.78, 5) is 4.72. The number of benzene rings is 1. The van der Waals surface area contributed by atoms with Crippen LogP contribution in [0.15, 0.2) is 29.3 Å². The maximum atomic E-state index is 9.18. The van der Waals surface area contributed by atoms with Crippen molar-refractivity contribution in [1.82, 2.24) is 10.6 Å². The van der Waals surface area contributed by atoms with Crippen molar-refractivity contribution in [2.75, 3.05) is 26.2 Å². The van der Waals surface area contributed by atoms with Crippen LogP contribution in [0.1, 0.15) is 57.1 Å². The maximum Gasteiger partial charge on any atom is 0.191 e. The second-order valence-electron chi connectivity index (χ2n) is 6.58. The van der Waals surface area contributed by atoms with Gasteiger partial charge < -0.3 is 15.7 Å². The van der Waals surface area contributed by atoms with Gasteiger partial charge in [0.25, 0.3) is 0 Å². The summed E-state index contributed by atoms with van der Waals surface area (Å²) in [6, 6.07) is 8.67. The van der Waals surface area contributed by atoms with E-state index in [-0.39, 0.29) is 30.6 Å². The largest absolute Gasteiger partial charge is 0.396 e. The summed E-state index contributed by atoms with van der Waals surface area (Å²) in [5.41, 5.74) is 2.65. The number of aryl methyl sites for hydroxylation is 1. The van der Waals surface area contributed by atoms with Crippen molar-refractivity contribution in [2.45, 2.75) is 52.9 Å². The normalized spacial score (nSPS) is 13.7. The highest BCUT2D eigenvalue weighted by Gasteiger charge is 2.09. The molecular weight excluding hydrogens is 425 g/mol. The van der Waals surface area contributed by atoms with Gasteiger partial charge in [-0.1, -0.05) is 50.1 Å². The molecule has 1 rings (SSSR count). The van der Waals surface area contributed by atoms with Gasteiger partial charge in [-0.25, -0.2) is 0 Å². The smallest absolute Gasteiger partial charge is 0.191 e. The molecule has 3 N–H and O–H groups in total. The van der Waals surface area contributed by atoms with Gasteiger partial charge in [-0.3, -0.25) is 4.99 Å². The minimum absolute atomic E-state index is 0. The number of halogens is 1. The van der Waals surface area contributed by atoms with Crippen molar-refractivity contribution in [1.29, 1.82) is 0 Å². The number of aliphatic imine (C=N–C) groups is 1. The Hall–Kier alpha value is -0.820. The van der Waals surface area contributed by atoms with E-state index in [1.807, 2.05) is 0 Å². The Kier molecular flexibility index (Phi) is 13.9. The van der Waals surface area contributed by atoms with Crippen molar-refractivity contribution in [3.8, 4) is 0 Å². The Bertz CT molecular complexity index is 488. The summed E-state index contributed by atoms with van der Waals surface area (Å²) in [5.74, 6) is 1.76. The molecule has 4 nitrogen and oxygen atoms in total. The number of hydrogen-bond acceptors (Lipinski definition) is 2. The number of nitrogens with one attached hydrogen (secondary N) is 2. The molecule has 0 saturated heterocycles. The molecule has 0 aliphatic heterocycles. The average molecular weight is 461 g/mol. The number of aliphatic hydroxyl groups excluding tert-OH is 1. The van der Waals surface area contributed by atoms with E-state index in [0.29, 0.717) is 11.8 Å². The minimum Gasteiger partial charge on any atom is -0.396 e. The standard InChI is InChI=1S/C20H35N3O.HI/c1-5-8-18(11-12-24)15-23-20(21-6-2)22-14-17(4)19-10-7-9-16(3)13-19;/h7,9-10,13,17-18,24H,5-6,8,11-12,14-15H2,1-4H3,(H2,21,22,23);1H. The molecule has 2 atom stereocenters. The van der Waals surface area contributed by atoms with E-state index in [0.717, 1.165) is 44.9 Å². The van der Waals surface area contributed by atoms with Crippen LogP contribution in [0, 0.1) is 12.8 Å². The lowest BCUT2D eigenvalue weighted by atomic mass is 9.99. The van der Waals surface area contributed by atoms with Gasteiger partial charge >= 0.3 is 0 Å². The SMILES string of the molecule is CCCC(CCO)CN=C(NCC)NCC(C)c1cccc(C)c1.I. The van der Waals surface area contributed by atoms with Gasteiger partial charge in [0.05, 0.1) is 0 Å². The summed E-state index contributed by atoms with van der Waals surface area (Å²) in [6.07, 6.45) is 3.08. The number of nitrogens with zero attached hydrogens (tertiary/aromatic N) is 1. The molecule has 0 saturated carbocycles. The van der Waals surface area contributed by atoms with Crippen LogP contribution in [0.2, 0.25) is 0 Å². The summed E-state index contributed by atoms with van der Waals surface area (Å²) in [5, 5.41) is 15.9. The summed E-state index contributed by atoms with van der Waals surface area (Å²) < 4.78 is 0. The zero-order chi connectivity index (χ0) is 17.8. The summed E-state index contributed by atoms with van der Waals surface area (Å²) in [7, 11) is 0. The molecule has 25 heavy (non-hydrogen) atoms. The third-order valence-electron chi connectivity index (χ3n) is 4.27. The maximum absolute atomic E-state index is 9.18. The Labute approximate surface area is 170 Å². The molecule has 1 aromatic rings. The second kappa shape index (κ2) is 14.4. The predicted octanol–water partition coefficient (Wildman–Crippen LogP) is 4.07. The highest BCUT2D eigenvalue weighted by atomic mass is 127. The first kappa shape index (κ1) is 24.2. The minimum atomic E-state index is 0. The molecule has 0 bridgehead atoms. The molecule has 144 valence electrons. The van der Waals surface area contributed by atoms with Gasteiger partial charge in [0, 0.05) is 26.2 Å². The van der Waals surface area contributed by atoms with E-state index in [4.69, 9.17) is 4.99 Å². The van der Waals surface area contributed by atoms with Gasteiger partial charge in [-0.05, 0) is 44.1 Å². The quantitative estimate of drug-likeness (QED) is 0.280. The molecule has 0 fully saturated rings. The molecule has 2 unspecified atom stereocenters. The molecule has 0 aliphatic rings. The highest BCUT2D eigenvalue weighted by molar-refractivity contribution is 14.0. The predicted molar refractivity (Wildman–Crippen MR) is 119 cm³/mol. The Morgan fingerprint density at radius 2 is 1.96 bits per heavy atom. The summed E-state index contributed by atoms with van der Waals surface area (Å²) >= 11 is 0. The molecule has 0 aromatic heterocycles. The van der Waals surface area contributed by atoms with Crippen molar-refractivity contribution in [3.05, 3.63) is 35.4 Å². The molecular formula is C20H36IN3O. The Balaban J connectivity index is 0.00000576. The zero-order valence-corrected chi connectivity index (χ0v) is 18.5. The monoisotopic (exact) mass is 461 g/mol. The van der Waals surface area contributed by atoms with Crippen molar-refractivity contribution < 1.29 is 5.11 Å². The van der Waals surface area contributed by atoms with Crippen LogP contribution in [-0.2, 0) is 0 Å². The van der Waals surface area contributed by atoms with E-state index in [1.54, 1.807) is 0 Å². The number of rotatable bonds is 10. The third-order valence-corrected chi connectivity index (χ3v) is 4.27. The van der Waals surface area contributed by atoms with E-state index < -0.39 is 0 Å². The Morgan fingerprint density at radius 3 is 2.56 bits per heavy atom. The van der Waals surface area contributed by atoms with Crippen LogP contribution in [0.5, 0.6) is 0 Å². The lowest BCUT2D eigenvalue weighted by Gasteiger charge is -2.18. The van der Waals surface area contributed by atoms with E-state index >= 15 is 0 Å². The van der Waals surface area contributed by atoms with Gasteiger partial charge in [0.15, 0.2) is 5.96 Å². The first-order valence-electron chi connectivity index (χ1n) is 9.30. The molecule has 0 spiro atoms. The van der Waals surface area contributed by atoms with E-state index in [9.17, 15) is 5.11 Å². The van der Waals surface area contributed by atoms with Gasteiger partial charge in [-0.2, -0.15) is 0 Å². The molecule has 0 amide bonds. The fraction of sp³-hybridized carbons (Fsp3) is 0.650. The Morgan fingerprint density at radius 1 is 1.20 bits per heavy atom. The zero-order valence-electron chi connectivity index (χ0n) is 16.2. The molecule has 0 heterocycles. The fourth-order valence-corrected chi connectivity index (χ4v) is 2.82. The second-order valence-corrected chi connectivity index (χ2v) is 6.58. The third kappa shape index (κ3) is 10.0. The van der Waals surface area contributed by atoms with Crippen LogP contribution >= 0.6 is 24.0 Å². The topological polar surface area (TPSA) is 56.7 Å². The first-order valence-corrected chi connectivity index (χ1v) is 9.30. The summed E-state index contributed by atoms with van der Waals surface area (Å²) in [6.45, 7) is 11.3. The molecule has 0 radical (unpaired) electrons. The van der Waals surface area contributed by atoms with Crippen LogP contribution in [0.4, 0.5) is 0 Å². The highest BCUT2D eigenvalue weighted by Crippen LogP contribution is 2.15. The van der Waals surface area contributed by atoms with Crippen LogP contribution in [-0.4, -0.2) is 37.3 Å². The molecule has 1 aromatic carbocycles. The molecule has 0 aliphatic carbocycles. The van der Waals surface area contributed by atoms with Crippen molar-refractivity contribution in [2.24, 2.45) is 10.9 Å². The van der Waals surface area contributed by atoms with Crippen LogP contribution in [0.3, 0.4) is 0 Å². The van der Waals surface area contributed by atoms with Crippen LogP contribution in [0.25, 0.3) is 0 Å². The van der Waals surface area contributed by atoms with E-state index in [2.05, 4.69) is 62.6 Å². The van der Waals surface area contributed by atoms with E-state index in [1.165, 1.54) is 11.1 Å². The van der Waals surface area contributed by atoms with Gasteiger partial charge in [0.1, 0.15) is 0 Å². The fourth-order valence-electron chi connectivity index (χ4n) is 2.82. The first-order chi connectivity index (χ1) is 11.6. The van der Waals surface area contributed by atoms with Gasteiger partial charge in [-0.15, -0.1) is 24.0 Å². The average Bonchev–Trinajstić information content (AvgIpc) is 2.57. The lowest BCUT2D eigenvalue weighted by molar-refractivity contribution is 0.253. The lowest BCUT2D eigenvalue weighted by Crippen LogP contribution is -2.39. The van der Waals surface area contributed by atoms with Gasteiger partial charge in [0.2, 0.25) is 0 Å².